The van der Waals surface area contributed by atoms with Crippen LogP contribution in [0.2, 0.25) is 0 Å². The zero-order valence-corrected chi connectivity index (χ0v) is 12.1. The first kappa shape index (κ1) is 13.4. The molecule has 3 rings (SSSR count). The molecule has 0 spiro atoms. The van der Waals surface area contributed by atoms with Crippen LogP contribution in [0.5, 0.6) is 0 Å². The quantitative estimate of drug-likeness (QED) is 0.637. The van der Waals surface area contributed by atoms with Crippen LogP contribution in [0.25, 0.3) is 0 Å². The average Bonchev–Trinajstić information content (AvgIpc) is 2.54. The Morgan fingerprint density at radius 2 is 2.00 bits per heavy atom. The van der Waals surface area contributed by atoms with Crippen molar-refractivity contribution < 1.29 is 26.2 Å². The Morgan fingerprint density at radius 1 is 1.19 bits per heavy atom. The van der Waals surface area contributed by atoms with Gasteiger partial charge in [0.15, 0.2) is 0 Å². The van der Waals surface area contributed by atoms with Gasteiger partial charge in [0.05, 0.1) is 0 Å². The Balaban J connectivity index is 0.000000640. The fourth-order valence-electron chi connectivity index (χ4n) is 2.14. The van der Waals surface area contributed by atoms with Gasteiger partial charge in [0.25, 0.3) is 0 Å². The van der Waals surface area contributed by atoms with Crippen molar-refractivity contribution in [2.24, 2.45) is 0 Å². The van der Waals surface area contributed by atoms with E-state index in [0.29, 0.717) is 5.92 Å². The SMILES string of the molecule is Cc1ccc2c(c1)[C-]=C1C=CC=CC12.[CH3-].[Zr+2]. The third-order valence-corrected chi connectivity index (χ3v) is 2.85. The monoisotopic (exact) mass is 284 g/mol. The maximum atomic E-state index is 3.46. The minimum Gasteiger partial charge on any atom is -0.358 e. The van der Waals surface area contributed by atoms with E-state index in [9.17, 15) is 0 Å². The maximum absolute atomic E-state index is 3.46. The molecule has 1 aromatic carbocycles. The van der Waals surface area contributed by atoms with Crippen LogP contribution in [0.1, 0.15) is 22.6 Å². The average molecular weight is 286 g/mol. The standard InChI is InChI=1S/C14H11.CH3.Zr/c1-10-6-7-14-12(8-10)9-11-4-2-3-5-13(11)14;;/h2-8,13H,1H3;1H3;/q2*-1;+2. The molecular formula is C15H14Zr. The number of rotatable bonds is 0. The summed E-state index contributed by atoms with van der Waals surface area (Å²) in [6.45, 7) is 2.13. The first-order valence-electron chi connectivity index (χ1n) is 4.94. The molecule has 2 aliphatic carbocycles. The predicted molar refractivity (Wildman–Crippen MR) is 64.5 cm³/mol. The Labute approximate surface area is 117 Å². The Hall–Kier alpha value is -0.677. The molecule has 0 aromatic heterocycles. The van der Waals surface area contributed by atoms with Crippen LogP contribution >= 0.6 is 0 Å². The molecule has 78 valence electrons. The van der Waals surface area contributed by atoms with Crippen molar-refractivity contribution in [3.05, 3.63) is 78.3 Å². The minimum atomic E-state index is 0. The van der Waals surface area contributed by atoms with Gasteiger partial charge in [-0.25, -0.2) is 0 Å². The van der Waals surface area contributed by atoms with Crippen molar-refractivity contribution >= 4 is 0 Å². The van der Waals surface area contributed by atoms with Crippen LogP contribution in [0, 0.1) is 20.4 Å². The first-order chi connectivity index (χ1) is 6.84. The summed E-state index contributed by atoms with van der Waals surface area (Å²) in [7, 11) is 0. The van der Waals surface area contributed by atoms with Crippen LogP contribution < -0.4 is 0 Å². The maximum Gasteiger partial charge on any atom is 2.00 e. The third-order valence-electron chi connectivity index (χ3n) is 2.85. The molecule has 1 unspecified atom stereocenters. The summed E-state index contributed by atoms with van der Waals surface area (Å²) < 4.78 is 0. The first-order valence-corrected chi connectivity index (χ1v) is 4.94. The molecule has 16 heavy (non-hydrogen) atoms. The molecule has 0 saturated carbocycles. The summed E-state index contributed by atoms with van der Waals surface area (Å²) in [6.07, 6.45) is 12.0. The number of hydrogen-bond donors (Lipinski definition) is 0. The Bertz CT molecular complexity index is 478. The smallest absolute Gasteiger partial charge is 0.358 e. The van der Waals surface area contributed by atoms with Gasteiger partial charge in [-0.2, -0.15) is 0 Å². The summed E-state index contributed by atoms with van der Waals surface area (Å²) in [5.74, 6) is 0.454. The van der Waals surface area contributed by atoms with Gasteiger partial charge in [0.2, 0.25) is 0 Å². The largest absolute Gasteiger partial charge is 2.00 e. The van der Waals surface area contributed by atoms with E-state index in [1.807, 2.05) is 0 Å². The van der Waals surface area contributed by atoms with Crippen LogP contribution in [0.4, 0.5) is 0 Å². The summed E-state index contributed by atoms with van der Waals surface area (Å²) in [5, 5.41) is 0. The van der Waals surface area contributed by atoms with Gasteiger partial charge in [-0.15, -0.1) is 47.1 Å². The van der Waals surface area contributed by atoms with E-state index in [1.54, 1.807) is 0 Å². The van der Waals surface area contributed by atoms with Crippen LogP contribution in [-0.2, 0) is 26.2 Å². The van der Waals surface area contributed by atoms with E-state index in [0.717, 1.165) is 0 Å². The minimum absolute atomic E-state index is 0. The molecule has 0 heterocycles. The van der Waals surface area contributed by atoms with Crippen molar-refractivity contribution in [1.82, 2.24) is 0 Å². The topological polar surface area (TPSA) is 0 Å². The number of fused-ring (bicyclic) bond motifs is 3. The zero-order chi connectivity index (χ0) is 9.54. The van der Waals surface area contributed by atoms with Gasteiger partial charge >= 0.3 is 26.2 Å². The zero-order valence-electron chi connectivity index (χ0n) is 9.62. The van der Waals surface area contributed by atoms with Gasteiger partial charge in [-0.1, -0.05) is 23.8 Å². The molecule has 0 bridgehead atoms. The molecule has 0 radical (unpaired) electrons. The molecule has 0 saturated heterocycles. The molecule has 0 aliphatic heterocycles. The summed E-state index contributed by atoms with van der Waals surface area (Å²) in [6, 6.07) is 6.61. The van der Waals surface area contributed by atoms with E-state index in [2.05, 4.69) is 55.5 Å². The molecular weight excluding hydrogens is 271 g/mol. The molecule has 1 heteroatoms. The predicted octanol–water partition coefficient (Wildman–Crippen LogP) is 3.74. The Kier molecular flexibility index (Phi) is 4.27. The molecule has 0 amide bonds. The van der Waals surface area contributed by atoms with E-state index >= 15 is 0 Å². The number of allylic oxidation sites excluding steroid dienone is 5. The van der Waals surface area contributed by atoms with E-state index in [-0.39, 0.29) is 33.6 Å². The van der Waals surface area contributed by atoms with Crippen LogP contribution in [-0.4, -0.2) is 0 Å². The van der Waals surface area contributed by atoms with Crippen molar-refractivity contribution in [3.8, 4) is 0 Å². The van der Waals surface area contributed by atoms with Crippen molar-refractivity contribution in [1.29, 1.82) is 0 Å². The van der Waals surface area contributed by atoms with Gasteiger partial charge in [-0.3, -0.25) is 0 Å². The molecule has 1 atom stereocenters. The summed E-state index contributed by atoms with van der Waals surface area (Å²) in [5.41, 5.74) is 5.27. The van der Waals surface area contributed by atoms with E-state index in [4.69, 9.17) is 0 Å². The van der Waals surface area contributed by atoms with Gasteiger partial charge in [-0.05, 0) is 12.8 Å². The number of hydrogen-bond acceptors (Lipinski definition) is 0. The van der Waals surface area contributed by atoms with Crippen molar-refractivity contribution in [3.63, 3.8) is 0 Å². The number of aryl methyl sites for hydroxylation is 1. The Morgan fingerprint density at radius 3 is 2.81 bits per heavy atom. The molecule has 0 nitrogen and oxygen atoms in total. The summed E-state index contributed by atoms with van der Waals surface area (Å²) in [4.78, 5) is 0. The van der Waals surface area contributed by atoms with E-state index < -0.39 is 0 Å². The fourth-order valence-corrected chi connectivity index (χ4v) is 2.14. The molecule has 1 aromatic rings. The van der Waals surface area contributed by atoms with Crippen molar-refractivity contribution in [2.45, 2.75) is 12.8 Å². The molecule has 0 N–H and O–H groups in total. The van der Waals surface area contributed by atoms with Gasteiger partial charge in [0.1, 0.15) is 0 Å². The van der Waals surface area contributed by atoms with Gasteiger partial charge in [0, 0.05) is 0 Å². The second kappa shape index (κ2) is 5.10. The summed E-state index contributed by atoms with van der Waals surface area (Å²) >= 11 is 0. The fraction of sp³-hybridized carbons (Fsp3) is 0.133. The van der Waals surface area contributed by atoms with Crippen molar-refractivity contribution in [2.75, 3.05) is 0 Å². The van der Waals surface area contributed by atoms with Gasteiger partial charge < -0.3 is 7.43 Å². The second-order valence-corrected chi connectivity index (χ2v) is 3.89. The molecule has 2 aliphatic rings. The second-order valence-electron chi connectivity index (χ2n) is 3.89. The molecule has 0 fully saturated rings. The third kappa shape index (κ3) is 2.06. The number of benzene rings is 1. The van der Waals surface area contributed by atoms with Crippen LogP contribution in [0.15, 0.2) is 48.1 Å². The van der Waals surface area contributed by atoms with Crippen LogP contribution in [0.3, 0.4) is 0 Å². The normalized spacial score (nSPS) is 19.1. The van der Waals surface area contributed by atoms with E-state index in [1.165, 1.54) is 22.3 Å².